The van der Waals surface area contributed by atoms with E-state index in [0.717, 1.165) is 0 Å². The van der Waals surface area contributed by atoms with Gasteiger partial charge in [-0.2, -0.15) is 0 Å². The smallest absolute Gasteiger partial charge is 0.0666 e. The predicted molar refractivity (Wildman–Crippen MR) is 92.0 cm³/mol. The van der Waals surface area contributed by atoms with Gasteiger partial charge in [0.15, 0.2) is 0 Å². The molecule has 2 rings (SSSR count). The third-order valence-electron chi connectivity index (χ3n) is 4.30. The first-order valence-corrected chi connectivity index (χ1v) is 7.52. The molecule has 0 heterocycles. The molecule has 2 N–H and O–H groups in total. The van der Waals surface area contributed by atoms with Crippen molar-refractivity contribution < 1.29 is 0 Å². The number of hydrogen-bond acceptors (Lipinski definition) is 2. The maximum absolute atomic E-state index is 6.12. The zero-order chi connectivity index (χ0) is 15.6. The summed E-state index contributed by atoms with van der Waals surface area (Å²) in [5.74, 6) is 0. The minimum atomic E-state index is 0.201. The molecule has 2 heteroatoms. The number of nitrogens with zero attached hydrogens (tertiary/aromatic N) is 1. The van der Waals surface area contributed by atoms with Crippen LogP contribution in [-0.2, 0) is 0 Å². The van der Waals surface area contributed by atoms with E-state index in [1.165, 1.54) is 33.5 Å². The normalized spacial score (nSPS) is 12.3. The third kappa shape index (κ3) is 3.11. The van der Waals surface area contributed by atoms with E-state index in [0.29, 0.717) is 6.54 Å². The lowest BCUT2D eigenvalue weighted by Gasteiger charge is -2.33. The molecule has 0 saturated carbocycles. The summed E-state index contributed by atoms with van der Waals surface area (Å²) in [4.78, 5) is 2.31. The summed E-state index contributed by atoms with van der Waals surface area (Å²) in [6, 6.07) is 13.2. The molecule has 2 aromatic carbocycles. The predicted octanol–water partition coefficient (Wildman–Crippen LogP) is 4.06. The first-order chi connectivity index (χ1) is 9.95. The second kappa shape index (κ2) is 6.31. The van der Waals surface area contributed by atoms with Gasteiger partial charge in [-0.15, -0.1) is 0 Å². The Morgan fingerprint density at radius 1 is 0.952 bits per heavy atom. The van der Waals surface area contributed by atoms with Gasteiger partial charge in [0.25, 0.3) is 0 Å². The minimum Gasteiger partial charge on any atom is -0.366 e. The Labute approximate surface area is 128 Å². The van der Waals surface area contributed by atoms with Crippen LogP contribution in [0.15, 0.2) is 36.4 Å². The van der Waals surface area contributed by atoms with Crippen molar-refractivity contribution in [2.75, 3.05) is 18.5 Å². The molecular formula is C19H26N2. The molecule has 0 amide bonds. The lowest BCUT2D eigenvalue weighted by atomic mass is 9.94. The van der Waals surface area contributed by atoms with Gasteiger partial charge in [-0.05, 0) is 56.0 Å². The Hall–Kier alpha value is -1.80. The lowest BCUT2D eigenvalue weighted by molar-refractivity contribution is 0.671. The van der Waals surface area contributed by atoms with Crippen LogP contribution in [0.4, 0.5) is 5.69 Å². The van der Waals surface area contributed by atoms with Crippen LogP contribution in [0.5, 0.6) is 0 Å². The number of nitrogens with two attached hydrogens (primary N) is 1. The Morgan fingerprint density at radius 3 is 2.10 bits per heavy atom. The Bertz CT molecular complexity index is 611. The number of likely N-dealkylation sites (N-methyl/N-ethyl adjacent to an activating group) is 1. The van der Waals surface area contributed by atoms with E-state index in [-0.39, 0.29) is 6.04 Å². The molecule has 0 radical (unpaired) electrons. The summed E-state index contributed by atoms with van der Waals surface area (Å²) >= 11 is 0. The highest BCUT2D eigenvalue weighted by Crippen LogP contribution is 2.31. The van der Waals surface area contributed by atoms with E-state index in [1.807, 2.05) is 0 Å². The van der Waals surface area contributed by atoms with Crippen LogP contribution in [0.3, 0.4) is 0 Å². The van der Waals surface area contributed by atoms with Gasteiger partial charge < -0.3 is 10.6 Å². The molecule has 2 aromatic rings. The van der Waals surface area contributed by atoms with Crippen molar-refractivity contribution in [1.29, 1.82) is 0 Å². The topological polar surface area (TPSA) is 29.3 Å². The fourth-order valence-corrected chi connectivity index (χ4v) is 3.19. The van der Waals surface area contributed by atoms with Crippen LogP contribution in [0.1, 0.15) is 33.9 Å². The molecule has 21 heavy (non-hydrogen) atoms. The van der Waals surface area contributed by atoms with Crippen molar-refractivity contribution in [3.8, 4) is 0 Å². The van der Waals surface area contributed by atoms with Crippen LogP contribution < -0.4 is 10.6 Å². The first kappa shape index (κ1) is 15.6. The number of hydrogen-bond donors (Lipinski definition) is 1. The van der Waals surface area contributed by atoms with Crippen molar-refractivity contribution in [3.05, 3.63) is 64.2 Å². The molecule has 1 atom stereocenters. The second-order valence-corrected chi connectivity index (χ2v) is 5.96. The van der Waals surface area contributed by atoms with Gasteiger partial charge >= 0.3 is 0 Å². The zero-order valence-electron chi connectivity index (χ0n) is 13.8. The molecule has 0 aromatic heterocycles. The standard InChI is InChI=1S/C19H26N2/c1-13-9-10-17(16(4)11-13)21(5)18(12-20)19-14(2)7-6-8-15(19)3/h6-11,18H,12,20H2,1-5H3. The van der Waals surface area contributed by atoms with Gasteiger partial charge in [0.05, 0.1) is 6.04 Å². The molecular weight excluding hydrogens is 256 g/mol. The van der Waals surface area contributed by atoms with Gasteiger partial charge in [-0.25, -0.2) is 0 Å². The quantitative estimate of drug-likeness (QED) is 0.916. The van der Waals surface area contributed by atoms with Crippen LogP contribution in [0.25, 0.3) is 0 Å². The third-order valence-corrected chi connectivity index (χ3v) is 4.30. The summed E-state index contributed by atoms with van der Waals surface area (Å²) in [5.41, 5.74) is 13.9. The molecule has 0 bridgehead atoms. The minimum absolute atomic E-state index is 0.201. The monoisotopic (exact) mass is 282 g/mol. The molecule has 0 aliphatic rings. The van der Waals surface area contributed by atoms with Crippen LogP contribution in [0, 0.1) is 27.7 Å². The van der Waals surface area contributed by atoms with Gasteiger partial charge in [0.1, 0.15) is 0 Å². The fraction of sp³-hybridized carbons (Fsp3) is 0.368. The Kier molecular flexibility index (Phi) is 4.69. The highest BCUT2D eigenvalue weighted by Gasteiger charge is 2.20. The molecule has 2 nitrogen and oxygen atoms in total. The summed E-state index contributed by atoms with van der Waals surface area (Å²) in [7, 11) is 2.14. The number of rotatable bonds is 4. The number of benzene rings is 2. The largest absolute Gasteiger partial charge is 0.366 e. The van der Waals surface area contributed by atoms with Crippen molar-refractivity contribution in [1.82, 2.24) is 0 Å². The maximum Gasteiger partial charge on any atom is 0.0666 e. The average molecular weight is 282 g/mol. The zero-order valence-corrected chi connectivity index (χ0v) is 13.8. The first-order valence-electron chi connectivity index (χ1n) is 7.52. The number of aryl methyl sites for hydroxylation is 4. The molecule has 0 saturated heterocycles. The Balaban J connectivity index is 2.46. The highest BCUT2D eigenvalue weighted by atomic mass is 15.1. The molecule has 0 aliphatic carbocycles. The molecule has 0 spiro atoms. The highest BCUT2D eigenvalue weighted by molar-refractivity contribution is 5.56. The molecule has 0 aliphatic heterocycles. The molecule has 1 unspecified atom stereocenters. The van der Waals surface area contributed by atoms with E-state index >= 15 is 0 Å². The van der Waals surface area contributed by atoms with Crippen molar-refractivity contribution in [3.63, 3.8) is 0 Å². The number of anilines is 1. The van der Waals surface area contributed by atoms with Crippen molar-refractivity contribution in [2.45, 2.75) is 33.7 Å². The van der Waals surface area contributed by atoms with E-state index in [9.17, 15) is 0 Å². The van der Waals surface area contributed by atoms with Crippen LogP contribution in [0.2, 0.25) is 0 Å². The van der Waals surface area contributed by atoms with Gasteiger partial charge in [-0.1, -0.05) is 35.9 Å². The van der Waals surface area contributed by atoms with E-state index in [1.54, 1.807) is 0 Å². The lowest BCUT2D eigenvalue weighted by Crippen LogP contribution is -2.32. The van der Waals surface area contributed by atoms with Gasteiger partial charge in [0.2, 0.25) is 0 Å². The van der Waals surface area contributed by atoms with E-state index in [2.05, 4.69) is 76.0 Å². The van der Waals surface area contributed by atoms with Gasteiger partial charge in [-0.3, -0.25) is 0 Å². The van der Waals surface area contributed by atoms with Gasteiger partial charge in [0, 0.05) is 19.3 Å². The SMILES string of the molecule is Cc1ccc(N(C)C(CN)c2c(C)cccc2C)c(C)c1. The summed E-state index contributed by atoms with van der Waals surface area (Å²) in [6.07, 6.45) is 0. The average Bonchev–Trinajstić information content (AvgIpc) is 2.42. The van der Waals surface area contributed by atoms with Crippen LogP contribution >= 0.6 is 0 Å². The molecule has 112 valence electrons. The van der Waals surface area contributed by atoms with E-state index in [4.69, 9.17) is 5.73 Å². The van der Waals surface area contributed by atoms with E-state index < -0.39 is 0 Å². The van der Waals surface area contributed by atoms with Crippen molar-refractivity contribution >= 4 is 5.69 Å². The Morgan fingerprint density at radius 2 is 1.57 bits per heavy atom. The summed E-state index contributed by atoms with van der Waals surface area (Å²) in [6.45, 7) is 9.23. The molecule has 0 fully saturated rings. The fourth-order valence-electron chi connectivity index (χ4n) is 3.19. The summed E-state index contributed by atoms with van der Waals surface area (Å²) < 4.78 is 0. The van der Waals surface area contributed by atoms with Crippen molar-refractivity contribution in [2.24, 2.45) is 5.73 Å². The second-order valence-electron chi connectivity index (χ2n) is 5.96. The van der Waals surface area contributed by atoms with Crippen LogP contribution in [-0.4, -0.2) is 13.6 Å². The summed E-state index contributed by atoms with van der Waals surface area (Å²) in [5, 5.41) is 0. The maximum atomic E-state index is 6.12.